The van der Waals surface area contributed by atoms with E-state index in [1.165, 1.54) is 0 Å². The van der Waals surface area contributed by atoms with E-state index in [2.05, 4.69) is 11.7 Å². The molecule has 1 saturated heterocycles. The summed E-state index contributed by atoms with van der Waals surface area (Å²) in [7, 11) is 0. The molecule has 0 unspecified atom stereocenters. The average Bonchev–Trinajstić information content (AvgIpc) is 2.96. The lowest BCUT2D eigenvalue weighted by atomic mass is 9.80. The van der Waals surface area contributed by atoms with Crippen LogP contribution < -0.4 is 4.74 Å². The van der Waals surface area contributed by atoms with Gasteiger partial charge in [0, 0.05) is 31.5 Å². The molecule has 1 amide bonds. The van der Waals surface area contributed by atoms with Gasteiger partial charge in [-0.25, -0.2) is 4.79 Å². The Balaban J connectivity index is 1.79. The third kappa shape index (κ3) is 3.59. The number of piperidine rings is 1. The van der Waals surface area contributed by atoms with Gasteiger partial charge < -0.3 is 14.4 Å². The molecule has 7 heteroatoms. The van der Waals surface area contributed by atoms with E-state index in [-0.39, 0.29) is 17.4 Å². The van der Waals surface area contributed by atoms with Crippen LogP contribution in [0.3, 0.4) is 0 Å². The molecule has 0 aromatic carbocycles. The molecule has 2 aliphatic rings. The molecule has 1 fully saturated rings. The van der Waals surface area contributed by atoms with Gasteiger partial charge >= 0.3 is 6.09 Å². The lowest BCUT2D eigenvalue weighted by Gasteiger charge is -2.44. The van der Waals surface area contributed by atoms with Gasteiger partial charge in [0.25, 0.3) is 0 Å². The standard InChI is InChI=1S/C20H29N3O4/c1-13-16(24)15-14(12-23(21-15)18(2,3)4)26-20(13)8-10-22(11-9-20)17(25)27-19(5,6)7/h12H,1,8-11H2,2-7H3. The summed E-state index contributed by atoms with van der Waals surface area (Å²) in [5.41, 5.74) is -0.846. The molecule has 0 N–H and O–H groups in total. The summed E-state index contributed by atoms with van der Waals surface area (Å²) in [6.45, 7) is 16.5. The average molecular weight is 375 g/mol. The zero-order valence-electron chi connectivity index (χ0n) is 17.1. The molecule has 1 spiro atoms. The summed E-state index contributed by atoms with van der Waals surface area (Å²) in [4.78, 5) is 26.8. The number of hydrogen-bond donors (Lipinski definition) is 0. The SMILES string of the molecule is C=C1C(=O)c2nn(C(C)(C)C)cc2OC12CCN(C(=O)OC(C)(C)C)CC2. The fraction of sp³-hybridized carbons (Fsp3) is 0.650. The van der Waals surface area contributed by atoms with Crippen LogP contribution in [-0.2, 0) is 10.3 Å². The van der Waals surface area contributed by atoms with Crippen LogP contribution in [0.15, 0.2) is 18.3 Å². The Kier molecular flexibility index (Phi) is 4.40. The lowest BCUT2D eigenvalue weighted by Crippen LogP contribution is -2.54. The van der Waals surface area contributed by atoms with Crippen molar-refractivity contribution in [2.75, 3.05) is 13.1 Å². The first-order valence-corrected chi connectivity index (χ1v) is 9.34. The molecule has 0 aliphatic carbocycles. The highest BCUT2D eigenvalue weighted by molar-refractivity contribution is 6.11. The van der Waals surface area contributed by atoms with Crippen LogP contribution >= 0.6 is 0 Å². The minimum Gasteiger partial charge on any atom is -0.478 e. The van der Waals surface area contributed by atoms with Crippen LogP contribution in [-0.4, -0.2) is 50.8 Å². The van der Waals surface area contributed by atoms with Crippen molar-refractivity contribution in [3.05, 3.63) is 24.0 Å². The molecule has 7 nitrogen and oxygen atoms in total. The number of ether oxygens (including phenoxy) is 2. The molecule has 0 atom stereocenters. The number of nitrogens with zero attached hydrogens (tertiary/aromatic N) is 3. The van der Waals surface area contributed by atoms with Crippen molar-refractivity contribution < 1.29 is 19.1 Å². The third-order valence-corrected chi connectivity index (χ3v) is 4.94. The predicted octanol–water partition coefficient (Wildman–Crippen LogP) is 3.54. The lowest BCUT2D eigenvalue weighted by molar-refractivity contribution is -0.00563. The van der Waals surface area contributed by atoms with Gasteiger partial charge in [-0.05, 0) is 41.5 Å². The highest BCUT2D eigenvalue weighted by Crippen LogP contribution is 2.42. The zero-order valence-corrected chi connectivity index (χ0v) is 17.1. The molecular weight excluding hydrogens is 346 g/mol. The number of rotatable bonds is 0. The normalized spacial score (nSPS) is 19.7. The summed E-state index contributed by atoms with van der Waals surface area (Å²) < 4.78 is 13.5. The van der Waals surface area contributed by atoms with Crippen LogP contribution in [0.25, 0.3) is 0 Å². The fourth-order valence-corrected chi connectivity index (χ4v) is 3.34. The minimum absolute atomic E-state index is 0.176. The number of carbonyl (C=O) groups excluding carboxylic acids is 2. The summed E-state index contributed by atoms with van der Waals surface area (Å²) in [5.74, 6) is 0.318. The Morgan fingerprint density at radius 1 is 1.22 bits per heavy atom. The van der Waals surface area contributed by atoms with Crippen LogP contribution in [0.4, 0.5) is 4.79 Å². The van der Waals surface area contributed by atoms with Crippen LogP contribution in [0.1, 0.15) is 64.9 Å². The first kappa shape index (κ1) is 19.5. The molecule has 0 bridgehead atoms. The van der Waals surface area contributed by atoms with Gasteiger partial charge in [-0.15, -0.1) is 0 Å². The molecule has 1 aromatic heterocycles. The van der Waals surface area contributed by atoms with E-state index in [0.717, 1.165) is 0 Å². The van der Waals surface area contributed by atoms with Gasteiger partial charge in [0.15, 0.2) is 11.4 Å². The fourth-order valence-electron chi connectivity index (χ4n) is 3.34. The Morgan fingerprint density at radius 2 is 1.81 bits per heavy atom. The molecule has 148 valence electrons. The van der Waals surface area contributed by atoms with Crippen LogP contribution in [0, 0.1) is 0 Å². The molecule has 3 rings (SSSR count). The summed E-state index contributed by atoms with van der Waals surface area (Å²) in [5, 5.41) is 4.41. The molecule has 0 radical (unpaired) electrons. The van der Waals surface area contributed by atoms with Crippen LogP contribution in [0.2, 0.25) is 0 Å². The highest BCUT2D eigenvalue weighted by Gasteiger charge is 2.48. The summed E-state index contributed by atoms with van der Waals surface area (Å²) in [6.07, 6.45) is 2.43. The molecule has 1 aromatic rings. The third-order valence-electron chi connectivity index (χ3n) is 4.94. The largest absolute Gasteiger partial charge is 0.478 e. The molecule has 0 saturated carbocycles. The molecule has 2 aliphatic heterocycles. The molecule has 27 heavy (non-hydrogen) atoms. The van der Waals surface area contributed by atoms with Gasteiger partial charge in [0.05, 0.1) is 11.7 Å². The van der Waals surface area contributed by atoms with Gasteiger partial charge in [-0.2, -0.15) is 5.10 Å². The second kappa shape index (κ2) is 6.11. The van der Waals surface area contributed by atoms with E-state index < -0.39 is 11.2 Å². The second-order valence-corrected chi connectivity index (χ2v) is 9.33. The second-order valence-electron chi connectivity index (χ2n) is 9.33. The monoisotopic (exact) mass is 375 g/mol. The Hall–Kier alpha value is -2.31. The number of hydrogen-bond acceptors (Lipinski definition) is 5. The van der Waals surface area contributed by atoms with Crippen molar-refractivity contribution in [3.8, 4) is 5.75 Å². The number of carbonyl (C=O) groups is 2. The van der Waals surface area contributed by atoms with Crippen molar-refractivity contribution in [2.24, 2.45) is 0 Å². The summed E-state index contributed by atoms with van der Waals surface area (Å²) >= 11 is 0. The highest BCUT2D eigenvalue weighted by atomic mass is 16.6. The maximum absolute atomic E-state index is 12.9. The van der Waals surface area contributed by atoms with Crippen molar-refractivity contribution in [3.63, 3.8) is 0 Å². The topological polar surface area (TPSA) is 73.7 Å². The number of ketones is 1. The minimum atomic E-state index is -0.783. The quantitative estimate of drug-likeness (QED) is 0.649. The zero-order chi connectivity index (χ0) is 20.2. The Labute approximate surface area is 160 Å². The van der Waals surface area contributed by atoms with E-state index >= 15 is 0 Å². The van der Waals surface area contributed by atoms with Gasteiger partial charge in [0.2, 0.25) is 5.78 Å². The van der Waals surface area contributed by atoms with E-state index in [9.17, 15) is 9.59 Å². The van der Waals surface area contributed by atoms with E-state index in [1.807, 2.05) is 41.5 Å². The van der Waals surface area contributed by atoms with Crippen molar-refractivity contribution >= 4 is 11.9 Å². The number of amides is 1. The maximum atomic E-state index is 12.9. The van der Waals surface area contributed by atoms with E-state index in [0.29, 0.717) is 42.9 Å². The maximum Gasteiger partial charge on any atom is 0.410 e. The Morgan fingerprint density at radius 3 is 2.33 bits per heavy atom. The van der Waals surface area contributed by atoms with E-state index in [1.54, 1.807) is 15.8 Å². The van der Waals surface area contributed by atoms with Crippen molar-refractivity contribution in [2.45, 2.75) is 71.1 Å². The summed E-state index contributed by atoms with van der Waals surface area (Å²) in [6, 6.07) is 0. The molecular formula is C20H29N3O4. The number of fused-ring (bicyclic) bond motifs is 1. The van der Waals surface area contributed by atoms with E-state index in [4.69, 9.17) is 9.47 Å². The number of aromatic nitrogens is 2. The van der Waals surface area contributed by atoms with Crippen molar-refractivity contribution in [1.29, 1.82) is 0 Å². The van der Waals surface area contributed by atoms with Crippen molar-refractivity contribution in [1.82, 2.24) is 14.7 Å². The first-order chi connectivity index (χ1) is 12.3. The van der Waals surface area contributed by atoms with Crippen LogP contribution in [0.5, 0.6) is 5.75 Å². The van der Waals surface area contributed by atoms with Gasteiger partial charge in [-0.1, -0.05) is 6.58 Å². The first-order valence-electron chi connectivity index (χ1n) is 9.34. The van der Waals surface area contributed by atoms with Gasteiger partial charge in [-0.3, -0.25) is 9.48 Å². The number of likely N-dealkylation sites (tertiary alicyclic amines) is 1. The predicted molar refractivity (Wildman–Crippen MR) is 101 cm³/mol. The molecule has 3 heterocycles. The smallest absolute Gasteiger partial charge is 0.410 e. The Bertz CT molecular complexity index is 787. The number of Topliss-reactive ketones (excluding diaryl/α,β-unsaturated/α-hetero) is 1. The van der Waals surface area contributed by atoms with Gasteiger partial charge in [0.1, 0.15) is 11.2 Å².